The van der Waals surface area contributed by atoms with Gasteiger partial charge in [-0.15, -0.1) is 0 Å². The second-order valence-corrected chi connectivity index (χ2v) is 6.66. The Hall–Kier alpha value is -2.76. The second kappa shape index (κ2) is 7.21. The molecule has 0 bridgehead atoms. The zero-order valence-electron chi connectivity index (χ0n) is 14.3. The summed E-state index contributed by atoms with van der Waals surface area (Å²) in [6, 6.07) is 6.58. The third kappa shape index (κ3) is 4.38. The minimum atomic E-state index is -0.398. The summed E-state index contributed by atoms with van der Waals surface area (Å²) in [6.45, 7) is 8.03. The van der Waals surface area contributed by atoms with Crippen LogP contribution in [0.3, 0.4) is 0 Å². The number of rotatable bonds is 4. The number of nitrogens with zero attached hydrogens (tertiary/aromatic N) is 2. The van der Waals surface area contributed by atoms with Crippen molar-refractivity contribution in [1.82, 2.24) is 15.3 Å². The molecule has 2 N–H and O–H groups in total. The van der Waals surface area contributed by atoms with Gasteiger partial charge in [-0.2, -0.15) is 0 Å². The molecule has 0 spiro atoms. The zero-order chi connectivity index (χ0) is 17.7. The van der Waals surface area contributed by atoms with Gasteiger partial charge in [-0.25, -0.2) is 0 Å². The largest absolute Gasteiger partial charge is 0.348 e. The van der Waals surface area contributed by atoms with E-state index in [4.69, 9.17) is 0 Å². The molecule has 6 heteroatoms. The molecular formula is C18H22N4O2. The van der Waals surface area contributed by atoms with E-state index in [2.05, 4.69) is 20.6 Å². The summed E-state index contributed by atoms with van der Waals surface area (Å²) < 4.78 is 0. The molecule has 2 amide bonds. The van der Waals surface area contributed by atoms with Crippen LogP contribution in [0.2, 0.25) is 0 Å². The molecule has 0 aliphatic heterocycles. The van der Waals surface area contributed by atoms with Crippen molar-refractivity contribution in [2.45, 2.75) is 33.7 Å². The van der Waals surface area contributed by atoms with E-state index < -0.39 is 5.91 Å². The molecule has 0 saturated carbocycles. The van der Waals surface area contributed by atoms with Gasteiger partial charge in [-0.05, 0) is 36.6 Å². The van der Waals surface area contributed by atoms with Gasteiger partial charge in [0.25, 0.3) is 11.8 Å². The monoisotopic (exact) mass is 326 g/mol. The lowest BCUT2D eigenvalue weighted by Crippen LogP contribution is -2.42. The molecule has 1 atom stereocenters. The molecule has 6 nitrogen and oxygen atoms in total. The van der Waals surface area contributed by atoms with E-state index in [9.17, 15) is 9.59 Å². The number of hydrogen-bond donors (Lipinski definition) is 2. The van der Waals surface area contributed by atoms with Gasteiger partial charge in [0.05, 0.1) is 17.4 Å². The number of hydrogen-bond acceptors (Lipinski definition) is 4. The van der Waals surface area contributed by atoms with Crippen LogP contribution < -0.4 is 10.6 Å². The molecular weight excluding hydrogens is 304 g/mol. The van der Waals surface area contributed by atoms with Crippen molar-refractivity contribution in [2.75, 3.05) is 5.32 Å². The summed E-state index contributed by atoms with van der Waals surface area (Å²) in [5, 5.41) is 5.62. The van der Waals surface area contributed by atoms with Gasteiger partial charge in [0, 0.05) is 18.4 Å². The number of pyridine rings is 2. The third-order valence-corrected chi connectivity index (χ3v) is 3.83. The van der Waals surface area contributed by atoms with Crippen molar-refractivity contribution in [2.24, 2.45) is 5.41 Å². The van der Waals surface area contributed by atoms with E-state index in [0.717, 1.165) is 0 Å². The lowest BCUT2D eigenvalue weighted by atomic mass is 9.88. The Morgan fingerprint density at radius 2 is 1.79 bits per heavy atom. The number of carbonyl (C=O) groups is 2. The van der Waals surface area contributed by atoms with E-state index >= 15 is 0 Å². The van der Waals surface area contributed by atoms with Crippen LogP contribution in [0.25, 0.3) is 0 Å². The molecule has 0 saturated heterocycles. The van der Waals surface area contributed by atoms with Crippen LogP contribution in [0.15, 0.2) is 42.9 Å². The van der Waals surface area contributed by atoms with Crippen molar-refractivity contribution < 1.29 is 9.59 Å². The van der Waals surface area contributed by atoms with Crippen LogP contribution in [-0.2, 0) is 0 Å². The molecule has 2 aromatic heterocycles. The van der Waals surface area contributed by atoms with Gasteiger partial charge in [-0.1, -0.05) is 20.8 Å². The topological polar surface area (TPSA) is 84.0 Å². The fraction of sp³-hybridized carbons (Fsp3) is 0.333. The summed E-state index contributed by atoms with van der Waals surface area (Å²) in [4.78, 5) is 33.0. The lowest BCUT2D eigenvalue weighted by Gasteiger charge is -2.28. The van der Waals surface area contributed by atoms with Crippen LogP contribution in [0.1, 0.15) is 48.5 Å². The molecule has 2 rings (SSSR count). The van der Waals surface area contributed by atoms with E-state index in [0.29, 0.717) is 5.69 Å². The maximum absolute atomic E-state index is 12.5. The standard InChI is InChI=1S/C18H22N4O2/c1-12(18(2,3)4)21-17(24)15-14(8-6-10-20-15)16(23)22-13-7-5-9-19-11-13/h5-12H,1-4H3,(H,21,24)(H,22,23). The maximum atomic E-state index is 12.5. The highest BCUT2D eigenvalue weighted by atomic mass is 16.2. The zero-order valence-corrected chi connectivity index (χ0v) is 14.3. The molecule has 1 unspecified atom stereocenters. The molecule has 0 aliphatic carbocycles. The lowest BCUT2D eigenvalue weighted by molar-refractivity contribution is 0.0895. The Labute approximate surface area is 141 Å². The van der Waals surface area contributed by atoms with Crippen molar-refractivity contribution in [3.63, 3.8) is 0 Å². The highest BCUT2D eigenvalue weighted by Crippen LogP contribution is 2.19. The molecule has 24 heavy (non-hydrogen) atoms. The van der Waals surface area contributed by atoms with Gasteiger partial charge in [0.2, 0.25) is 0 Å². The van der Waals surface area contributed by atoms with Gasteiger partial charge >= 0.3 is 0 Å². The first kappa shape index (κ1) is 17.6. The van der Waals surface area contributed by atoms with Crippen LogP contribution in [0.5, 0.6) is 0 Å². The minimum absolute atomic E-state index is 0.0683. The highest BCUT2D eigenvalue weighted by Gasteiger charge is 2.25. The summed E-state index contributed by atoms with van der Waals surface area (Å²) in [5.41, 5.74) is 0.790. The average Bonchev–Trinajstić information content (AvgIpc) is 2.54. The predicted octanol–water partition coefficient (Wildman–Crippen LogP) is 2.89. The second-order valence-electron chi connectivity index (χ2n) is 6.66. The first-order valence-corrected chi connectivity index (χ1v) is 7.76. The summed E-state index contributed by atoms with van der Waals surface area (Å²) in [5.74, 6) is -0.765. The molecule has 0 fully saturated rings. The van der Waals surface area contributed by atoms with Crippen LogP contribution >= 0.6 is 0 Å². The van der Waals surface area contributed by atoms with Gasteiger partial charge in [0.1, 0.15) is 5.69 Å². The van der Waals surface area contributed by atoms with Gasteiger partial charge in [0.15, 0.2) is 0 Å². The van der Waals surface area contributed by atoms with Crippen molar-refractivity contribution in [1.29, 1.82) is 0 Å². The molecule has 2 aromatic rings. The number of amides is 2. The van der Waals surface area contributed by atoms with Gasteiger partial charge in [-0.3, -0.25) is 19.6 Å². The molecule has 0 aliphatic rings. The number of carbonyl (C=O) groups excluding carboxylic acids is 2. The Kier molecular flexibility index (Phi) is 5.28. The van der Waals surface area contributed by atoms with Crippen molar-refractivity contribution in [3.05, 3.63) is 54.1 Å². The number of aromatic nitrogens is 2. The highest BCUT2D eigenvalue weighted by molar-refractivity contribution is 6.11. The molecule has 126 valence electrons. The summed E-state index contributed by atoms with van der Waals surface area (Å²) in [6.07, 6.45) is 4.65. The van der Waals surface area contributed by atoms with Crippen molar-refractivity contribution in [3.8, 4) is 0 Å². The maximum Gasteiger partial charge on any atom is 0.270 e. The molecule has 0 radical (unpaired) electrons. The first-order chi connectivity index (χ1) is 11.3. The van der Waals surface area contributed by atoms with Gasteiger partial charge < -0.3 is 10.6 Å². The summed E-state index contributed by atoms with van der Waals surface area (Å²) >= 11 is 0. The fourth-order valence-corrected chi connectivity index (χ4v) is 1.89. The third-order valence-electron chi connectivity index (χ3n) is 3.83. The smallest absolute Gasteiger partial charge is 0.270 e. The Morgan fingerprint density at radius 3 is 2.42 bits per heavy atom. The molecule has 2 heterocycles. The SMILES string of the molecule is CC(NC(=O)c1ncccc1C(=O)Nc1cccnc1)C(C)(C)C. The Balaban J connectivity index is 2.21. The molecule has 0 aromatic carbocycles. The van der Waals surface area contributed by atoms with E-state index in [-0.39, 0.29) is 28.6 Å². The number of anilines is 1. The van der Waals surface area contributed by atoms with Crippen LogP contribution in [-0.4, -0.2) is 27.8 Å². The van der Waals surface area contributed by atoms with Crippen LogP contribution in [0, 0.1) is 5.41 Å². The van der Waals surface area contributed by atoms with E-state index in [1.54, 1.807) is 30.5 Å². The summed E-state index contributed by atoms with van der Waals surface area (Å²) in [7, 11) is 0. The fourth-order valence-electron chi connectivity index (χ4n) is 1.89. The quantitative estimate of drug-likeness (QED) is 0.905. The predicted molar refractivity (Wildman–Crippen MR) is 92.8 cm³/mol. The van der Waals surface area contributed by atoms with Crippen LogP contribution in [0.4, 0.5) is 5.69 Å². The Bertz CT molecular complexity index is 723. The first-order valence-electron chi connectivity index (χ1n) is 7.76. The minimum Gasteiger partial charge on any atom is -0.348 e. The normalized spacial score (nSPS) is 12.3. The van der Waals surface area contributed by atoms with E-state index in [1.165, 1.54) is 12.4 Å². The number of nitrogens with one attached hydrogen (secondary N) is 2. The average molecular weight is 326 g/mol. The Morgan fingerprint density at radius 1 is 1.08 bits per heavy atom. The van der Waals surface area contributed by atoms with E-state index in [1.807, 2.05) is 27.7 Å². The van der Waals surface area contributed by atoms with Crippen molar-refractivity contribution >= 4 is 17.5 Å².